The van der Waals surface area contributed by atoms with E-state index in [1.165, 1.54) is 6.08 Å². The van der Waals surface area contributed by atoms with Gasteiger partial charge in [0.2, 0.25) is 5.91 Å². The predicted molar refractivity (Wildman–Crippen MR) is 55.7 cm³/mol. The molecule has 1 atom stereocenters. The number of carbonyl (C=O) groups is 1. The molecule has 0 spiro atoms. The maximum atomic E-state index is 11.2. The summed E-state index contributed by atoms with van der Waals surface area (Å²) in [6.45, 7) is 4.44. The lowest BCUT2D eigenvalue weighted by molar-refractivity contribution is -0.125. The largest absolute Gasteiger partial charge is 0.339 e. The number of hydrogen-bond donors (Lipinski definition) is 0. The molecule has 0 radical (unpaired) electrons. The summed E-state index contributed by atoms with van der Waals surface area (Å²) in [4.78, 5) is 12.8. The zero-order valence-electron chi connectivity index (χ0n) is 8.68. The van der Waals surface area contributed by atoms with E-state index in [4.69, 9.17) is 0 Å². The molecule has 1 rings (SSSR count). The molecule has 1 fully saturated rings. The minimum absolute atomic E-state index is 0.0234. The van der Waals surface area contributed by atoms with Crippen molar-refractivity contribution in [3.63, 3.8) is 0 Å². The molecule has 1 saturated heterocycles. The quantitative estimate of drug-likeness (QED) is 0.506. The van der Waals surface area contributed by atoms with Gasteiger partial charge in [0.1, 0.15) is 0 Å². The van der Waals surface area contributed by atoms with Crippen molar-refractivity contribution in [3.05, 3.63) is 12.7 Å². The predicted octanol–water partition coefficient (Wildman–Crippen LogP) is -0.00290. The van der Waals surface area contributed by atoms with Gasteiger partial charge in [-0.1, -0.05) is 6.58 Å². The van der Waals surface area contributed by atoms with Crippen LogP contribution in [0.15, 0.2) is 12.7 Å². The summed E-state index contributed by atoms with van der Waals surface area (Å²) in [5.74, 6) is -0.198. The Morgan fingerprint density at radius 2 is 2.33 bits per heavy atom. The second-order valence-electron chi connectivity index (χ2n) is 3.53. The van der Waals surface area contributed by atoms with Crippen LogP contribution in [0.25, 0.3) is 0 Å². The molecule has 0 aliphatic carbocycles. The minimum Gasteiger partial charge on any atom is -0.339 e. The van der Waals surface area contributed by atoms with E-state index >= 15 is 0 Å². The Balaban J connectivity index is 2.50. The lowest BCUT2D eigenvalue weighted by Gasteiger charge is -2.13. The van der Waals surface area contributed by atoms with Gasteiger partial charge in [0.15, 0.2) is 0 Å². The third-order valence-corrected chi connectivity index (χ3v) is 3.85. The third kappa shape index (κ3) is 3.32. The van der Waals surface area contributed by atoms with Gasteiger partial charge < -0.3 is 4.90 Å². The molecule has 1 unspecified atom stereocenters. The minimum atomic E-state index is -3.42. The summed E-state index contributed by atoms with van der Waals surface area (Å²) in [7, 11) is -2.27. The second-order valence-corrected chi connectivity index (χ2v) is 5.32. The van der Waals surface area contributed by atoms with Crippen LogP contribution in [0.5, 0.6) is 0 Å². The molecule has 1 aliphatic rings. The van der Waals surface area contributed by atoms with Gasteiger partial charge in [-0.2, -0.15) is 8.42 Å². The summed E-state index contributed by atoms with van der Waals surface area (Å²) < 4.78 is 26.7. The van der Waals surface area contributed by atoms with Gasteiger partial charge in [-0.15, -0.1) is 0 Å². The van der Waals surface area contributed by atoms with Gasteiger partial charge >= 0.3 is 0 Å². The van der Waals surface area contributed by atoms with E-state index in [0.29, 0.717) is 19.5 Å². The van der Waals surface area contributed by atoms with Gasteiger partial charge in [0.05, 0.1) is 12.9 Å². The van der Waals surface area contributed by atoms with E-state index in [1.54, 1.807) is 4.90 Å². The number of amides is 1. The maximum absolute atomic E-state index is 11.2. The molecule has 0 N–H and O–H groups in total. The molecular formula is C9H15NO4S. The van der Waals surface area contributed by atoms with E-state index in [-0.39, 0.29) is 17.6 Å². The van der Waals surface area contributed by atoms with E-state index in [9.17, 15) is 13.2 Å². The zero-order chi connectivity index (χ0) is 11.5. The van der Waals surface area contributed by atoms with Crippen molar-refractivity contribution >= 4 is 16.0 Å². The van der Waals surface area contributed by atoms with Crippen molar-refractivity contribution in [2.75, 3.05) is 26.0 Å². The highest BCUT2D eigenvalue weighted by molar-refractivity contribution is 7.86. The van der Waals surface area contributed by atoms with Gasteiger partial charge in [0, 0.05) is 13.1 Å². The first-order valence-corrected chi connectivity index (χ1v) is 6.26. The first-order valence-electron chi connectivity index (χ1n) is 4.68. The van der Waals surface area contributed by atoms with E-state index < -0.39 is 10.1 Å². The molecule has 86 valence electrons. The summed E-state index contributed by atoms with van der Waals surface area (Å²) in [6.07, 6.45) is 1.94. The molecule has 6 heteroatoms. The second kappa shape index (κ2) is 4.76. The molecule has 1 aliphatic heterocycles. The molecule has 1 heterocycles. The van der Waals surface area contributed by atoms with Crippen LogP contribution >= 0.6 is 0 Å². The average Bonchev–Trinajstić information content (AvgIpc) is 2.64. The van der Waals surface area contributed by atoms with Crippen molar-refractivity contribution in [2.24, 2.45) is 5.92 Å². The van der Waals surface area contributed by atoms with Gasteiger partial charge in [-0.05, 0) is 18.4 Å². The van der Waals surface area contributed by atoms with Crippen LogP contribution in [0, 0.1) is 5.92 Å². The van der Waals surface area contributed by atoms with Crippen molar-refractivity contribution in [2.45, 2.75) is 6.42 Å². The van der Waals surface area contributed by atoms with Crippen molar-refractivity contribution in [3.8, 4) is 0 Å². The fraction of sp³-hybridized carbons (Fsp3) is 0.667. The smallest absolute Gasteiger partial charge is 0.267 e. The molecule has 1 amide bonds. The molecule has 0 aromatic carbocycles. The van der Waals surface area contributed by atoms with Crippen LogP contribution in [0.2, 0.25) is 0 Å². The monoisotopic (exact) mass is 233 g/mol. The van der Waals surface area contributed by atoms with Crippen LogP contribution < -0.4 is 0 Å². The lowest BCUT2D eigenvalue weighted by Crippen LogP contribution is -2.28. The number of rotatable bonds is 4. The Hall–Kier alpha value is -0.880. The molecule has 0 aromatic rings. The fourth-order valence-electron chi connectivity index (χ4n) is 1.65. The van der Waals surface area contributed by atoms with Crippen LogP contribution in [0.4, 0.5) is 0 Å². The molecule has 5 nitrogen and oxygen atoms in total. The standard InChI is InChI=1S/C9H15NO4S/c1-3-9(11)10-5-4-8(6-10)7-15(12,13)14-2/h3,8H,1,4-7H2,2H3. The molecule has 15 heavy (non-hydrogen) atoms. The van der Waals surface area contributed by atoms with Crippen molar-refractivity contribution in [1.29, 1.82) is 0 Å². The molecule has 0 bridgehead atoms. The summed E-state index contributed by atoms with van der Waals surface area (Å²) >= 11 is 0. The van der Waals surface area contributed by atoms with E-state index in [0.717, 1.165) is 7.11 Å². The number of carbonyl (C=O) groups excluding carboxylic acids is 1. The van der Waals surface area contributed by atoms with Crippen LogP contribution in [-0.4, -0.2) is 45.2 Å². The van der Waals surface area contributed by atoms with E-state index in [1.807, 2.05) is 0 Å². The number of likely N-dealkylation sites (tertiary alicyclic amines) is 1. The third-order valence-electron chi connectivity index (χ3n) is 2.47. The van der Waals surface area contributed by atoms with E-state index in [2.05, 4.69) is 10.8 Å². The van der Waals surface area contributed by atoms with Gasteiger partial charge in [-0.3, -0.25) is 8.98 Å². The highest BCUT2D eigenvalue weighted by Gasteiger charge is 2.28. The highest BCUT2D eigenvalue weighted by atomic mass is 32.2. The lowest BCUT2D eigenvalue weighted by atomic mass is 10.2. The first kappa shape index (κ1) is 12.2. The number of hydrogen-bond acceptors (Lipinski definition) is 4. The summed E-state index contributed by atoms with van der Waals surface area (Å²) in [5, 5.41) is 0. The molecule has 0 saturated carbocycles. The fourth-order valence-corrected chi connectivity index (χ4v) is 2.64. The van der Waals surface area contributed by atoms with Crippen molar-refractivity contribution in [1.82, 2.24) is 4.90 Å². The Bertz CT molecular complexity index is 349. The SMILES string of the molecule is C=CC(=O)N1CCC(CS(=O)(=O)OC)C1. The average molecular weight is 233 g/mol. The first-order chi connectivity index (χ1) is 6.98. The summed E-state index contributed by atoms with van der Waals surface area (Å²) in [6, 6.07) is 0. The van der Waals surface area contributed by atoms with Crippen LogP contribution in [0.1, 0.15) is 6.42 Å². The highest BCUT2D eigenvalue weighted by Crippen LogP contribution is 2.18. The zero-order valence-corrected chi connectivity index (χ0v) is 9.50. The summed E-state index contributed by atoms with van der Waals surface area (Å²) in [5.41, 5.74) is 0. The molecular weight excluding hydrogens is 218 g/mol. The Labute approximate surface area is 89.8 Å². The van der Waals surface area contributed by atoms with Crippen LogP contribution in [-0.2, 0) is 19.1 Å². The topological polar surface area (TPSA) is 63.7 Å². The number of nitrogens with zero attached hydrogens (tertiary/aromatic N) is 1. The maximum Gasteiger partial charge on any atom is 0.267 e. The van der Waals surface area contributed by atoms with Crippen LogP contribution in [0.3, 0.4) is 0 Å². The molecule has 0 aromatic heterocycles. The van der Waals surface area contributed by atoms with Gasteiger partial charge in [0.25, 0.3) is 10.1 Å². The normalized spacial score (nSPS) is 21.7. The Kier molecular flexibility index (Phi) is 3.87. The van der Waals surface area contributed by atoms with Gasteiger partial charge in [-0.25, -0.2) is 0 Å². The Morgan fingerprint density at radius 1 is 1.67 bits per heavy atom. The Morgan fingerprint density at radius 3 is 2.87 bits per heavy atom. The van der Waals surface area contributed by atoms with Crippen molar-refractivity contribution < 1.29 is 17.4 Å².